The maximum absolute atomic E-state index is 12.4. The van der Waals surface area contributed by atoms with Crippen molar-refractivity contribution in [3.63, 3.8) is 0 Å². The van der Waals surface area contributed by atoms with Gasteiger partial charge in [0, 0.05) is 18.7 Å². The van der Waals surface area contributed by atoms with Gasteiger partial charge in [0.15, 0.2) is 6.61 Å². The fourth-order valence-electron chi connectivity index (χ4n) is 3.11. The smallest absolute Gasteiger partial charge is 0.311 e. The molecule has 0 unspecified atom stereocenters. The fraction of sp³-hybridized carbons (Fsp3) is 0.286. The first-order valence-electron chi connectivity index (χ1n) is 8.94. The lowest BCUT2D eigenvalue weighted by Gasteiger charge is -2.19. The molecule has 7 heteroatoms. The van der Waals surface area contributed by atoms with Crippen molar-refractivity contribution in [2.45, 2.75) is 20.3 Å². The first kappa shape index (κ1) is 19.9. The van der Waals surface area contributed by atoms with Gasteiger partial charge in [-0.05, 0) is 43.2 Å². The third-order valence-corrected chi connectivity index (χ3v) is 4.94. The molecule has 0 saturated carbocycles. The van der Waals surface area contributed by atoms with Crippen molar-refractivity contribution in [3.05, 3.63) is 58.6 Å². The number of aryl methyl sites for hydroxylation is 2. The summed E-state index contributed by atoms with van der Waals surface area (Å²) in [7, 11) is 0. The Balaban J connectivity index is 1.57. The van der Waals surface area contributed by atoms with Gasteiger partial charge < -0.3 is 15.0 Å². The minimum Gasteiger partial charge on any atom is -0.455 e. The third-order valence-electron chi connectivity index (χ3n) is 4.61. The molecule has 2 aromatic carbocycles. The lowest BCUT2D eigenvalue weighted by molar-refractivity contribution is -0.151. The van der Waals surface area contributed by atoms with Gasteiger partial charge in [-0.15, -0.1) is 0 Å². The number of carbonyl (C=O) groups is 3. The van der Waals surface area contributed by atoms with E-state index in [1.807, 2.05) is 32.0 Å². The molecule has 1 fully saturated rings. The van der Waals surface area contributed by atoms with E-state index in [0.29, 0.717) is 10.7 Å². The molecule has 2 amide bonds. The number of ether oxygens (including phenoxy) is 1. The molecule has 1 N–H and O–H groups in total. The highest BCUT2D eigenvalue weighted by Crippen LogP contribution is 2.29. The monoisotopic (exact) mass is 400 g/mol. The number of carbonyl (C=O) groups excluding carboxylic acids is 3. The standard InChI is InChI=1S/C21H21ClN2O4/c1-13-7-8-14(2)18(9-13)24-11-15(10-20(24)26)21(27)28-12-19(25)23-17-6-4-3-5-16(17)22/h3-9,15H,10-12H2,1-2H3,(H,23,25)/t15-/m1/s1. The Labute approximate surface area is 168 Å². The van der Waals surface area contributed by atoms with Crippen LogP contribution in [-0.2, 0) is 19.1 Å². The Morgan fingerprint density at radius 1 is 1.21 bits per heavy atom. The first-order chi connectivity index (χ1) is 13.3. The second kappa shape index (κ2) is 8.44. The Kier molecular flexibility index (Phi) is 5.99. The summed E-state index contributed by atoms with van der Waals surface area (Å²) in [5, 5.41) is 2.98. The molecule has 1 aliphatic heterocycles. The van der Waals surface area contributed by atoms with Gasteiger partial charge in [-0.25, -0.2) is 0 Å². The molecule has 6 nitrogen and oxygen atoms in total. The van der Waals surface area contributed by atoms with Crippen molar-refractivity contribution in [2.75, 3.05) is 23.4 Å². The quantitative estimate of drug-likeness (QED) is 0.779. The van der Waals surface area contributed by atoms with E-state index in [0.717, 1.165) is 16.8 Å². The zero-order valence-electron chi connectivity index (χ0n) is 15.7. The second-order valence-electron chi connectivity index (χ2n) is 6.83. The molecule has 1 aliphatic rings. The molecule has 0 radical (unpaired) electrons. The number of nitrogens with zero attached hydrogens (tertiary/aromatic N) is 1. The predicted molar refractivity (Wildman–Crippen MR) is 107 cm³/mol. The zero-order valence-corrected chi connectivity index (χ0v) is 16.5. The van der Waals surface area contributed by atoms with Crippen LogP contribution in [0.3, 0.4) is 0 Å². The molecule has 0 spiro atoms. The highest BCUT2D eigenvalue weighted by atomic mass is 35.5. The number of rotatable bonds is 5. The number of hydrogen-bond acceptors (Lipinski definition) is 4. The van der Waals surface area contributed by atoms with E-state index in [-0.39, 0.29) is 18.9 Å². The van der Waals surface area contributed by atoms with E-state index in [4.69, 9.17) is 16.3 Å². The highest BCUT2D eigenvalue weighted by Gasteiger charge is 2.36. The van der Waals surface area contributed by atoms with Gasteiger partial charge in [0.1, 0.15) is 0 Å². The summed E-state index contributed by atoms with van der Waals surface area (Å²) in [6.45, 7) is 3.69. The number of anilines is 2. The van der Waals surface area contributed by atoms with Crippen molar-refractivity contribution in [3.8, 4) is 0 Å². The van der Waals surface area contributed by atoms with Gasteiger partial charge in [0.25, 0.3) is 5.91 Å². The number of esters is 1. The van der Waals surface area contributed by atoms with Crippen molar-refractivity contribution in [2.24, 2.45) is 5.92 Å². The van der Waals surface area contributed by atoms with Crippen LogP contribution in [-0.4, -0.2) is 30.9 Å². The van der Waals surface area contributed by atoms with Gasteiger partial charge in [-0.1, -0.05) is 35.9 Å². The molecule has 1 saturated heterocycles. The molecule has 1 heterocycles. The van der Waals surface area contributed by atoms with E-state index in [2.05, 4.69) is 5.32 Å². The average Bonchev–Trinajstić information content (AvgIpc) is 3.05. The van der Waals surface area contributed by atoms with Gasteiger partial charge in [0.2, 0.25) is 5.91 Å². The predicted octanol–water partition coefficient (Wildman–Crippen LogP) is 3.49. The van der Waals surface area contributed by atoms with Crippen LogP contribution >= 0.6 is 11.6 Å². The number of benzene rings is 2. The van der Waals surface area contributed by atoms with E-state index in [9.17, 15) is 14.4 Å². The summed E-state index contributed by atoms with van der Waals surface area (Å²) in [6, 6.07) is 12.6. The molecule has 1 atom stereocenters. The van der Waals surface area contributed by atoms with E-state index < -0.39 is 24.4 Å². The topological polar surface area (TPSA) is 75.7 Å². The summed E-state index contributed by atoms with van der Waals surface area (Å²) in [5.41, 5.74) is 3.25. The second-order valence-corrected chi connectivity index (χ2v) is 7.24. The van der Waals surface area contributed by atoms with Crippen LogP contribution in [0.4, 0.5) is 11.4 Å². The number of hydrogen-bond donors (Lipinski definition) is 1. The average molecular weight is 401 g/mol. The van der Waals surface area contributed by atoms with Crippen molar-refractivity contribution in [1.82, 2.24) is 0 Å². The van der Waals surface area contributed by atoms with Crippen LogP contribution in [0.1, 0.15) is 17.5 Å². The molecule has 28 heavy (non-hydrogen) atoms. The van der Waals surface area contributed by atoms with E-state index >= 15 is 0 Å². The SMILES string of the molecule is Cc1ccc(C)c(N2C[C@H](C(=O)OCC(=O)Nc3ccccc3Cl)CC2=O)c1. The molecule has 2 aromatic rings. The van der Waals surface area contributed by atoms with Gasteiger partial charge in [0.05, 0.1) is 16.6 Å². The van der Waals surface area contributed by atoms with Crippen molar-refractivity contribution in [1.29, 1.82) is 0 Å². The van der Waals surface area contributed by atoms with Crippen LogP contribution in [0, 0.1) is 19.8 Å². The summed E-state index contributed by atoms with van der Waals surface area (Å²) >= 11 is 5.98. The minimum absolute atomic E-state index is 0.0678. The van der Waals surface area contributed by atoms with Gasteiger partial charge >= 0.3 is 5.97 Å². The molecule has 3 rings (SSSR count). The lowest BCUT2D eigenvalue weighted by atomic mass is 10.1. The van der Waals surface area contributed by atoms with E-state index in [1.54, 1.807) is 29.2 Å². The van der Waals surface area contributed by atoms with Crippen LogP contribution in [0.5, 0.6) is 0 Å². The number of amides is 2. The maximum Gasteiger partial charge on any atom is 0.311 e. The maximum atomic E-state index is 12.4. The number of para-hydroxylation sites is 1. The lowest BCUT2D eigenvalue weighted by Crippen LogP contribution is -2.28. The first-order valence-corrected chi connectivity index (χ1v) is 9.31. The van der Waals surface area contributed by atoms with Gasteiger partial charge in [-0.3, -0.25) is 14.4 Å². The summed E-state index contributed by atoms with van der Waals surface area (Å²) in [6.07, 6.45) is 0.0678. The fourth-order valence-corrected chi connectivity index (χ4v) is 3.29. The number of nitrogens with one attached hydrogen (secondary N) is 1. The molecule has 146 valence electrons. The minimum atomic E-state index is -0.597. The van der Waals surface area contributed by atoms with E-state index in [1.165, 1.54) is 0 Å². The summed E-state index contributed by atoms with van der Waals surface area (Å²) in [5.74, 6) is -1.77. The molecule has 0 aromatic heterocycles. The third kappa shape index (κ3) is 4.51. The van der Waals surface area contributed by atoms with Crippen LogP contribution in [0.15, 0.2) is 42.5 Å². The summed E-state index contributed by atoms with van der Waals surface area (Å²) in [4.78, 5) is 38.3. The summed E-state index contributed by atoms with van der Waals surface area (Å²) < 4.78 is 5.11. The Morgan fingerprint density at radius 3 is 2.71 bits per heavy atom. The molecule has 0 bridgehead atoms. The molecular formula is C21H21ClN2O4. The van der Waals surface area contributed by atoms with Crippen molar-refractivity contribution >= 4 is 40.8 Å². The Bertz CT molecular complexity index is 928. The Morgan fingerprint density at radius 2 is 1.96 bits per heavy atom. The zero-order chi connectivity index (χ0) is 20.3. The molecular weight excluding hydrogens is 380 g/mol. The van der Waals surface area contributed by atoms with Crippen LogP contribution < -0.4 is 10.2 Å². The van der Waals surface area contributed by atoms with Crippen LogP contribution in [0.25, 0.3) is 0 Å². The van der Waals surface area contributed by atoms with Crippen molar-refractivity contribution < 1.29 is 19.1 Å². The normalized spacial score (nSPS) is 16.2. The van der Waals surface area contributed by atoms with Crippen LogP contribution in [0.2, 0.25) is 5.02 Å². The largest absolute Gasteiger partial charge is 0.455 e. The molecule has 0 aliphatic carbocycles. The van der Waals surface area contributed by atoms with Gasteiger partial charge in [-0.2, -0.15) is 0 Å². The highest BCUT2D eigenvalue weighted by molar-refractivity contribution is 6.33. The number of halogens is 1. The Hall–Kier alpha value is -2.86.